The molecule has 1 aromatic carbocycles. The molecule has 1 rings (SSSR count). The number of likely N-dealkylation sites (N-methyl/N-ethyl adjacent to an activating group) is 1. The average molecular weight is 298 g/mol. The van der Waals surface area contributed by atoms with E-state index in [1.807, 2.05) is 6.07 Å². The normalized spacial score (nSPS) is 9.65. The van der Waals surface area contributed by atoms with Crippen LogP contribution in [0.25, 0.3) is 0 Å². The van der Waals surface area contributed by atoms with Crippen LogP contribution in [0.2, 0.25) is 5.02 Å². The van der Waals surface area contributed by atoms with E-state index in [2.05, 4.69) is 0 Å². The molecule has 0 aliphatic heterocycles. The van der Waals surface area contributed by atoms with Crippen LogP contribution in [-0.4, -0.2) is 35.9 Å². The van der Waals surface area contributed by atoms with Gasteiger partial charge in [-0.2, -0.15) is 5.26 Å². The first kappa shape index (κ1) is 15.7. The van der Waals surface area contributed by atoms with Gasteiger partial charge in [0, 0.05) is 30.7 Å². The van der Waals surface area contributed by atoms with Crippen LogP contribution in [0.15, 0.2) is 18.2 Å². The highest BCUT2D eigenvalue weighted by Gasteiger charge is 2.17. The molecule has 106 valence electrons. The first-order valence-electron chi connectivity index (χ1n) is 5.63. The average Bonchev–Trinajstić information content (AvgIpc) is 2.41. The van der Waals surface area contributed by atoms with Gasteiger partial charge in [-0.3, -0.25) is 14.9 Å². The molecule has 0 bridgehead atoms. The van der Waals surface area contributed by atoms with Crippen LogP contribution in [0.4, 0.5) is 5.69 Å². The van der Waals surface area contributed by atoms with Crippen molar-refractivity contribution in [3.8, 4) is 11.8 Å². The van der Waals surface area contributed by atoms with Gasteiger partial charge in [0.05, 0.1) is 17.4 Å². The summed E-state index contributed by atoms with van der Waals surface area (Å²) in [5, 5.41) is 19.5. The maximum atomic E-state index is 11.7. The van der Waals surface area contributed by atoms with E-state index in [1.165, 1.54) is 30.1 Å². The summed E-state index contributed by atoms with van der Waals surface area (Å²) in [7, 11) is 1.52. The number of carbonyl (C=O) groups is 1. The molecule has 0 spiro atoms. The van der Waals surface area contributed by atoms with Crippen molar-refractivity contribution in [2.24, 2.45) is 0 Å². The predicted molar refractivity (Wildman–Crippen MR) is 71.5 cm³/mol. The highest BCUT2D eigenvalue weighted by atomic mass is 35.5. The Balaban J connectivity index is 2.70. The van der Waals surface area contributed by atoms with Crippen LogP contribution >= 0.6 is 11.6 Å². The van der Waals surface area contributed by atoms with Crippen LogP contribution in [0, 0.1) is 21.4 Å². The molecule has 0 unspecified atom stereocenters. The van der Waals surface area contributed by atoms with Gasteiger partial charge in [-0.1, -0.05) is 11.6 Å². The lowest BCUT2D eigenvalue weighted by atomic mass is 10.3. The molecule has 7 nitrogen and oxygen atoms in total. The van der Waals surface area contributed by atoms with Crippen LogP contribution < -0.4 is 4.74 Å². The highest BCUT2D eigenvalue weighted by molar-refractivity contribution is 6.30. The second-order valence-corrected chi connectivity index (χ2v) is 4.32. The van der Waals surface area contributed by atoms with E-state index in [9.17, 15) is 14.9 Å². The van der Waals surface area contributed by atoms with Gasteiger partial charge in [0.2, 0.25) is 0 Å². The van der Waals surface area contributed by atoms with Gasteiger partial charge in [-0.05, 0) is 6.07 Å². The third-order valence-corrected chi connectivity index (χ3v) is 2.69. The maximum Gasteiger partial charge on any atom is 0.311 e. The molecular weight excluding hydrogens is 286 g/mol. The van der Waals surface area contributed by atoms with E-state index in [0.717, 1.165) is 0 Å². The van der Waals surface area contributed by atoms with E-state index >= 15 is 0 Å². The Bertz CT molecular complexity index is 556. The van der Waals surface area contributed by atoms with Gasteiger partial charge < -0.3 is 9.64 Å². The second kappa shape index (κ2) is 7.31. The van der Waals surface area contributed by atoms with E-state index in [4.69, 9.17) is 21.6 Å². The maximum absolute atomic E-state index is 11.7. The van der Waals surface area contributed by atoms with E-state index < -0.39 is 4.92 Å². The third-order valence-electron chi connectivity index (χ3n) is 2.45. The van der Waals surface area contributed by atoms with Crippen molar-refractivity contribution in [2.75, 3.05) is 20.2 Å². The number of carbonyl (C=O) groups excluding carboxylic acids is 1. The number of amides is 1. The van der Waals surface area contributed by atoms with Crippen molar-refractivity contribution in [1.82, 2.24) is 4.90 Å². The van der Waals surface area contributed by atoms with Crippen molar-refractivity contribution < 1.29 is 14.5 Å². The standard InChI is InChI=1S/C12H12ClN3O4/c1-15(6-2-5-14)12(17)8-20-11-7-9(13)3-4-10(11)16(18)19/h3-4,7H,2,6,8H2,1H3. The SMILES string of the molecule is CN(CCC#N)C(=O)COc1cc(Cl)ccc1[N+](=O)[O-]. The van der Waals surface area contributed by atoms with Gasteiger partial charge in [0.1, 0.15) is 0 Å². The molecule has 20 heavy (non-hydrogen) atoms. The molecule has 0 saturated heterocycles. The number of rotatable bonds is 6. The molecule has 0 aliphatic rings. The molecule has 0 heterocycles. The molecule has 0 N–H and O–H groups in total. The molecule has 0 saturated carbocycles. The van der Waals surface area contributed by atoms with Crippen LogP contribution in [-0.2, 0) is 4.79 Å². The fourth-order valence-corrected chi connectivity index (χ4v) is 1.51. The van der Waals surface area contributed by atoms with Crippen molar-refractivity contribution in [3.05, 3.63) is 33.3 Å². The molecule has 0 aliphatic carbocycles. The lowest BCUT2D eigenvalue weighted by molar-refractivity contribution is -0.385. The summed E-state index contributed by atoms with van der Waals surface area (Å²) >= 11 is 5.73. The summed E-state index contributed by atoms with van der Waals surface area (Å²) in [6, 6.07) is 5.78. The molecule has 1 aromatic rings. The first-order chi connectivity index (χ1) is 9.45. The van der Waals surface area contributed by atoms with Crippen LogP contribution in [0.1, 0.15) is 6.42 Å². The number of hydrogen-bond donors (Lipinski definition) is 0. The number of ether oxygens (including phenoxy) is 1. The fraction of sp³-hybridized carbons (Fsp3) is 0.333. The van der Waals surface area contributed by atoms with Gasteiger partial charge in [0.15, 0.2) is 12.4 Å². The number of benzene rings is 1. The minimum atomic E-state index is -0.616. The monoisotopic (exact) mass is 297 g/mol. The summed E-state index contributed by atoms with van der Waals surface area (Å²) < 4.78 is 5.14. The van der Waals surface area contributed by atoms with Gasteiger partial charge in [0.25, 0.3) is 5.91 Å². The Morgan fingerprint density at radius 1 is 1.60 bits per heavy atom. The quantitative estimate of drug-likeness (QED) is 0.591. The number of nitro groups is 1. The molecule has 0 fully saturated rings. The molecule has 0 aromatic heterocycles. The van der Waals surface area contributed by atoms with Crippen molar-refractivity contribution in [1.29, 1.82) is 5.26 Å². The summed E-state index contributed by atoms with van der Waals surface area (Å²) in [5.74, 6) is -0.445. The van der Waals surface area contributed by atoms with Gasteiger partial charge in [-0.15, -0.1) is 0 Å². The lowest BCUT2D eigenvalue weighted by Crippen LogP contribution is -2.32. The third kappa shape index (κ3) is 4.40. The number of nitriles is 1. The minimum Gasteiger partial charge on any atom is -0.477 e. The van der Waals surface area contributed by atoms with Crippen molar-refractivity contribution in [3.63, 3.8) is 0 Å². The summed E-state index contributed by atoms with van der Waals surface area (Å²) in [5.41, 5.74) is -0.262. The lowest BCUT2D eigenvalue weighted by Gasteiger charge is -2.15. The number of nitro benzene ring substituents is 1. The molecule has 8 heteroatoms. The summed E-state index contributed by atoms with van der Waals surface area (Å²) in [6.45, 7) is -0.0839. The molecular formula is C12H12ClN3O4. The van der Waals surface area contributed by atoms with E-state index in [0.29, 0.717) is 0 Å². The zero-order valence-electron chi connectivity index (χ0n) is 10.7. The Kier molecular flexibility index (Phi) is 5.74. The van der Waals surface area contributed by atoms with Crippen molar-refractivity contribution >= 4 is 23.2 Å². The molecule has 1 amide bonds. The summed E-state index contributed by atoms with van der Waals surface area (Å²) in [6.07, 6.45) is 0.208. The molecule has 0 radical (unpaired) electrons. The predicted octanol–water partition coefficient (Wildman–Crippen LogP) is 2.00. The fourth-order valence-electron chi connectivity index (χ4n) is 1.35. The Labute approximate surface area is 120 Å². The first-order valence-corrected chi connectivity index (χ1v) is 6.01. The second-order valence-electron chi connectivity index (χ2n) is 3.88. The van der Waals surface area contributed by atoms with Gasteiger partial charge in [-0.25, -0.2) is 0 Å². The number of halogens is 1. The number of hydrogen-bond acceptors (Lipinski definition) is 5. The zero-order chi connectivity index (χ0) is 15.1. The Hall–Kier alpha value is -2.33. The zero-order valence-corrected chi connectivity index (χ0v) is 11.5. The Morgan fingerprint density at radius 3 is 2.90 bits per heavy atom. The minimum absolute atomic E-state index is 0.0652. The van der Waals surface area contributed by atoms with Gasteiger partial charge >= 0.3 is 5.69 Å². The topological polar surface area (TPSA) is 96.5 Å². The van der Waals surface area contributed by atoms with E-state index in [1.54, 1.807) is 0 Å². The summed E-state index contributed by atoms with van der Waals surface area (Å²) in [4.78, 5) is 23.2. The largest absolute Gasteiger partial charge is 0.477 e. The smallest absolute Gasteiger partial charge is 0.311 e. The highest BCUT2D eigenvalue weighted by Crippen LogP contribution is 2.29. The number of nitrogens with zero attached hydrogens (tertiary/aromatic N) is 3. The van der Waals surface area contributed by atoms with E-state index in [-0.39, 0.29) is 41.9 Å². The Morgan fingerprint density at radius 2 is 2.30 bits per heavy atom. The van der Waals surface area contributed by atoms with Crippen LogP contribution in [0.5, 0.6) is 5.75 Å². The van der Waals surface area contributed by atoms with Crippen LogP contribution in [0.3, 0.4) is 0 Å². The van der Waals surface area contributed by atoms with Crippen molar-refractivity contribution in [2.45, 2.75) is 6.42 Å². The molecule has 0 atom stereocenters.